The van der Waals surface area contributed by atoms with Crippen LogP contribution in [-0.2, 0) is 0 Å². The van der Waals surface area contributed by atoms with E-state index in [-0.39, 0.29) is 22.0 Å². The van der Waals surface area contributed by atoms with Gasteiger partial charge in [0.15, 0.2) is 0 Å². The Bertz CT molecular complexity index is 1020. The molecule has 0 atom stereocenters. The van der Waals surface area contributed by atoms with E-state index >= 15 is 0 Å². The van der Waals surface area contributed by atoms with Crippen LogP contribution < -0.4 is 10.6 Å². The molecule has 0 unspecified atom stereocenters. The first kappa shape index (κ1) is 28.8. The lowest BCUT2D eigenvalue weighted by atomic mass is 9.73. The van der Waals surface area contributed by atoms with Crippen molar-refractivity contribution >= 4 is 0 Å². The van der Waals surface area contributed by atoms with Crippen molar-refractivity contribution in [2.75, 3.05) is 13.1 Å². The Morgan fingerprint density at radius 2 is 0.944 bits per heavy atom. The quantitative estimate of drug-likeness (QED) is 0.281. The molecule has 6 nitrogen and oxygen atoms in total. The molecule has 2 aliphatic rings. The van der Waals surface area contributed by atoms with E-state index in [1.165, 1.54) is 0 Å². The minimum Gasteiger partial charge on any atom is -0.388 e. The Morgan fingerprint density at radius 1 is 0.611 bits per heavy atom. The predicted molar refractivity (Wildman–Crippen MR) is 142 cm³/mol. The van der Waals surface area contributed by atoms with Crippen molar-refractivity contribution in [1.29, 1.82) is 21.0 Å². The smallest absolute Gasteiger partial charge is 0.133 e. The molecule has 0 heterocycles. The first-order chi connectivity index (χ1) is 17.0. The van der Waals surface area contributed by atoms with Gasteiger partial charge >= 0.3 is 0 Å². The second kappa shape index (κ2) is 12.5. The summed E-state index contributed by atoms with van der Waals surface area (Å²) in [5, 5.41) is 44.6. The maximum Gasteiger partial charge on any atom is 0.133 e. The Labute approximate surface area is 217 Å². The van der Waals surface area contributed by atoms with E-state index in [4.69, 9.17) is 0 Å². The van der Waals surface area contributed by atoms with E-state index in [1.54, 1.807) is 0 Å². The number of rotatable bonds is 9. The third-order valence-electron chi connectivity index (χ3n) is 7.26. The summed E-state index contributed by atoms with van der Waals surface area (Å²) in [6.07, 6.45) is 7.74. The second-order valence-electron chi connectivity index (χ2n) is 11.7. The molecule has 0 radical (unpaired) electrons. The van der Waals surface area contributed by atoms with Gasteiger partial charge in [0.05, 0.1) is 0 Å². The van der Waals surface area contributed by atoms with E-state index in [1.807, 2.05) is 13.8 Å². The van der Waals surface area contributed by atoms with Gasteiger partial charge in [-0.15, -0.1) is 0 Å². The second-order valence-corrected chi connectivity index (χ2v) is 11.7. The fourth-order valence-corrected chi connectivity index (χ4v) is 5.28. The molecule has 36 heavy (non-hydrogen) atoms. The maximum atomic E-state index is 9.34. The highest BCUT2D eigenvalue weighted by Crippen LogP contribution is 2.43. The Morgan fingerprint density at radius 3 is 1.25 bits per heavy atom. The summed E-state index contributed by atoms with van der Waals surface area (Å²) in [4.78, 5) is 0. The van der Waals surface area contributed by atoms with Gasteiger partial charge in [-0.05, 0) is 85.5 Å². The van der Waals surface area contributed by atoms with Gasteiger partial charge in [0.2, 0.25) is 0 Å². The molecule has 0 aromatic rings. The van der Waals surface area contributed by atoms with Gasteiger partial charge in [0.25, 0.3) is 0 Å². The molecular weight excluding hydrogens is 444 g/mol. The fraction of sp³-hybridized carbons (Fsp3) is 0.600. The highest BCUT2D eigenvalue weighted by Gasteiger charge is 2.31. The van der Waals surface area contributed by atoms with E-state index in [0.29, 0.717) is 0 Å². The standard InChI is InChI=1S/C30H40N6/c1-21-25(23(17-31)18-32)13-29(3,4)15-27(21)35-11-9-7-8-10-12-36-28-16-30(5,6)14-26(22(28)2)24(19-33)20-34/h35-36H,7-16H2,1-6H3. The Hall–Kier alpha value is -3.48. The van der Waals surface area contributed by atoms with E-state index in [2.05, 4.69) is 62.6 Å². The minimum atomic E-state index is 0.0264. The van der Waals surface area contributed by atoms with Crippen molar-refractivity contribution in [3.05, 3.63) is 44.8 Å². The van der Waals surface area contributed by atoms with Crippen LogP contribution >= 0.6 is 0 Å². The molecule has 2 rings (SSSR count). The lowest BCUT2D eigenvalue weighted by molar-refractivity contribution is 0.335. The monoisotopic (exact) mass is 484 g/mol. The molecule has 190 valence electrons. The zero-order valence-corrected chi connectivity index (χ0v) is 22.9. The molecule has 0 saturated carbocycles. The van der Waals surface area contributed by atoms with Crippen LogP contribution in [0.5, 0.6) is 0 Å². The number of allylic oxidation sites excluding steroid dienone is 8. The predicted octanol–water partition coefficient (Wildman–Crippen LogP) is 6.60. The summed E-state index contributed by atoms with van der Waals surface area (Å²) in [6, 6.07) is 8.27. The van der Waals surface area contributed by atoms with E-state index < -0.39 is 0 Å². The van der Waals surface area contributed by atoms with E-state index in [0.717, 1.165) is 98.1 Å². The first-order valence-corrected chi connectivity index (χ1v) is 12.9. The van der Waals surface area contributed by atoms with Gasteiger partial charge in [-0.2, -0.15) is 21.0 Å². The van der Waals surface area contributed by atoms with Crippen LogP contribution in [-0.4, -0.2) is 13.1 Å². The molecule has 0 aromatic heterocycles. The van der Waals surface area contributed by atoms with Gasteiger partial charge in [-0.1, -0.05) is 40.5 Å². The summed E-state index contributed by atoms with van der Waals surface area (Å²) >= 11 is 0. The molecule has 0 aliphatic heterocycles. The normalized spacial score (nSPS) is 18.5. The van der Waals surface area contributed by atoms with Crippen molar-refractivity contribution in [3.63, 3.8) is 0 Å². The van der Waals surface area contributed by atoms with Gasteiger partial charge in [-0.3, -0.25) is 0 Å². The van der Waals surface area contributed by atoms with E-state index in [9.17, 15) is 21.0 Å². The average molecular weight is 485 g/mol. The third kappa shape index (κ3) is 7.51. The fourth-order valence-electron chi connectivity index (χ4n) is 5.28. The van der Waals surface area contributed by atoms with Crippen LogP contribution in [0.4, 0.5) is 0 Å². The van der Waals surface area contributed by atoms with Crippen molar-refractivity contribution in [2.24, 2.45) is 10.8 Å². The summed E-state index contributed by atoms with van der Waals surface area (Å²) in [5.41, 5.74) is 6.72. The van der Waals surface area contributed by atoms with Crippen LogP contribution in [0.2, 0.25) is 0 Å². The van der Waals surface area contributed by atoms with Crippen LogP contribution in [0.1, 0.15) is 92.9 Å². The third-order valence-corrected chi connectivity index (χ3v) is 7.26. The van der Waals surface area contributed by atoms with Crippen molar-refractivity contribution < 1.29 is 0 Å². The topological polar surface area (TPSA) is 119 Å². The van der Waals surface area contributed by atoms with Crippen LogP contribution in [0.3, 0.4) is 0 Å². The number of nitrogens with zero attached hydrogens (tertiary/aromatic N) is 4. The highest BCUT2D eigenvalue weighted by atomic mass is 14.9. The molecular formula is C30H40N6. The van der Waals surface area contributed by atoms with Crippen LogP contribution in [0.25, 0.3) is 0 Å². The van der Waals surface area contributed by atoms with Gasteiger partial charge in [-0.25, -0.2) is 0 Å². The zero-order valence-electron chi connectivity index (χ0n) is 22.9. The Balaban J connectivity index is 1.85. The Kier molecular flexibility index (Phi) is 9.96. The molecule has 6 heteroatoms. The van der Waals surface area contributed by atoms with Gasteiger partial charge < -0.3 is 10.6 Å². The minimum absolute atomic E-state index is 0.0264. The molecule has 0 saturated heterocycles. The summed E-state index contributed by atoms with van der Waals surface area (Å²) in [6.45, 7) is 14.6. The molecule has 2 N–H and O–H groups in total. The summed E-state index contributed by atoms with van der Waals surface area (Å²) < 4.78 is 0. The molecule has 0 bridgehead atoms. The SMILES string of the molecule is CC1=C(NCCCCCCNC2=C(C)C(=C(C#N)C#N)CC(C)(C)C2)CC(C)(C)CC1=C(C#N)C#N. The molecule has 0 fully saturated rings. The number of hydrogen-bond donors (Lipinski definition) is 2. The van der Waals surface area contributed by atoms with Crippen molar-refractivity contribution in [2.45, 2.75) is 92.9 Å². The first-order valence-electron chi connectivity index (χ1n) is 12.9. The van der Waals surface area contributed by atoms with Gasteiger partial charge in [0, 0.05) is 24.5 Å². The van der Waals surface area contributed by atoms with Crippen LogP contribution in [0.15, 0.2) is 44.8 Å². The summed E-state index contributed by atoms with van der Waals surface area (Å²) in [5.74, 6) is 0. The number of nitriles is 4. The van der Waals surface area contributed by atoms with Crippen molar-refractivity contribution in [3.8, 4) is 24.3 Å². The lowest BCUT2D eigenvalue weighted by Gasteiger charge is -2.35. The number of nitrogens with one attached hydrogen (secondary N) is 2. The molecule has 0 spiro atoms. The molecule has 0 aromatic carbocycles. The zero-order chi connectivity index (χ0) is 26.9. The maximum absolute atomic E-state index is 9.34. The van der Waals surface area contributed by atoms with Crippen LogP contribution in [0, 0.1) is 56.2 Å². The van der Waals surface area contributed by atoms with Gasteiger partial charge in [0.1, 0.15) is 35.4 Å². The van der Waals surface area contributed by atoms with Crippen molar-refractivity contribution in [1.82, 2.24) is 10.6 Å². The number of hydrogen-bond acceptors (Lipinski definition) is 6. The molecule has 2 aliphatic carbocycles. The average Bonchev–Trinajstić information content (AvgIpc) is 2.81. The highest BCUT2D eigenvalue weighted by molar-refractivity contribution is 5.52. The number of unbranched alkanes of at least 4 members (excludes halogenated alkanes) is 3. The summed E-state index contributed by atoms with van der Waals surface area (Å²) in [7, 11) is 0. The molecule has 0 amide bonds. The lowest BCUT2D eigenvalue weighted by Crippen LogP contribution is -2.28. The largest absolute Gasteiger partial charge is 0.388 e.